The number of fused-ring (bicyclic) bond motifs is 1. The Morgan fingerprint density at radius 2 is 2.21 bits per heavy atom. The van der Waals surface area contributed by atoms with Crippen molar-refractivity contribution in [3.63, 3.8) is 0 Å². The van der Waals surface area contributed by atoms with Crippen LogP contribution in [0.2, 0.25) is 5.15 Å². The maximum Gasteiger partial charge on any atom is 0.255 e. The molecule has 0 bridgehead atoms. The molecule has 0 saturated carbocycles. The van der Waals surface area contributed by atoms with Gasteiger partial charge in [0.2, 0.25) is 0 Å². The summed E-state index contributed by atoms with van der Waals surface area (Å²) in [6.45, 7) is 1.90. The monoisotopic (exact) mass is 385 g/mol. The van der Waals surface area contributed by atoms with Crippen LogP contribution in [0.5, 0.6) is 0 Å². The largest absolute Gasteiger partial charge is 0.340 e. The van der Waals surface area contributed by atoms with Crippen LogP contribution < -0.4 is 5.32 Å². The van der Waals surface area contributed by atoms with Crippen LogP contribution in [-0.2, 0) is 0 Å². The maximum absolute atomic E-state index is 6.11. The lowest BCUT2D eigenvalue weighted by Crippen LogP contribution is -2.05. The highest BCUT2D eigenvalue weighted by Gasteiger charge is 2.12. The average Bonchev–Trinajstić information content (AvgIpc) is 2.83. The molecule has 0 radical (unpaired) electrons. The Labute approximate surface area is 128 Å². The molecule has 2 heterocycles. The molecule has 1 N–H and O–H groups in total. The molecule has 0 fully saturated rings. The normalized spacial score (nSPS) is 10.9. The van der Waals surface area contributed by atoms with Crippen molar-refractivity contribution in [2.75, 3.05) is 5.32 Å². The molecule has 7 heteroatoms. The van der Waals surface area contributed by atoms with Crippen LogP contribution in [-0.4, -0.2) is 19.6 Å². The van der Waals surface area contributed by atoms with Crippen molar-refractivity contribution in [1.29, 1.82) is 0 Å². The van der Waals surface area contributed by atoms with Gasteiger partial charge in [-0.05, 0) is 47.7 Å². The Morgan fingerprint density at radius 3 is 3.00 bits per heavy atom. The molecular formula is C12H9ClIN5. The number of hydrogen-bond acceptors (Lipinski definition) is 4. The summed E-state index contributed by atoms with van der Waals surface area (Å²) in [4.78, 5) is 8.22. The third kappa shape index (κ3) is 2.37. The predicted molar refractivity (Wildman–Crippen MR) is 83.0 cm³/mol. The molecule has 3 aromatic rings. The van der Waals surface area contributed by atoms with E-state index in [1.165, 1.54) is 6.33 Å². The van der Waals surface area contributed by atoms with E-state index in [1.807, 2.05) is 31.2 Å². The predicted octanol–water partition coefficient (Wildman–Crippen LogP) is 3.43. The van der Waals surface area contributed by atoms with Crippen molar-refractivity contribution in [3.05, 3.63) is 44.9 Å². The SMILES string of the molecule is Cc1c(Cl)nc2ncnn2c1Nc1cccc(I)c1. The molecule has 0 amide bonds. The van der Waals surface area contributed by atoms with Gasteiger partial charge in [-0.2, -0.15) is 19.6 Å². The van der Waals surface area contributed by atoms with E-state index >= 15 is 0 Å². The highest BCUT2D eigenvalue weighted by atomic mass is 127. The molecule has 0 unspecified atom stereocenters. The number of halogens is 2. The Balaban J connectivity index is 2.14. The maximum atomic E-state index is 6.11. The molecule has 2 aromatic heterocycles. The molecule has 0 saturated heterocycles. The van der Waals surface area contributed by atoms with Crippen LogP contribution in [0.25, 0.3) is 5.78 Å². The third-order valence-electron chi connectivity index (χ3n) is 2.69. The number of aromatic nitrogens is 4. The molecule has 1 aromatic carbocycles. The summed E-state index contributed by atoms with van der Waals surface area (Å²) in [6, 6.07) is 8.04. The van der Waals surface area contributed by atoms with Crippen LogP contribution in [0.3, 0.4) is 0 Å². The summed E-state index contributed by atoms with van der Waals surface area (Å²) in [5.74, 6) is 1.25. The van der Waals surface area contributed by atoms with Crippen LogP contribution >= 0.6 is 34.2 Å². The number of anilines is 2. The van der Waals surface area contributed by atoms with Gasteiger partial charge in [0, 0.05) is 14.8 Å². The zero-order chi connectivity index (χ0) is 13.4. The van der Waals surface area contributed by atoms with E-state index < -0.39 is 0 Å². The number of benzene rings is 1. The minimum Gasteiger partial charge on any atom is -0.340 e. The smallest absolute Gasteiger partial charge is 0.255 e. The molecule has 3 rings (SSSR count). The van der Waals surface area contributed by atoms with Gasteiger partial charge in [0.15, 0.2) is 0 Å². The number of hydrogen-bond donors (Lipinski definition) is 1. The fourth-order valence-corrected chi connectivity index (χ4v) is 2.46. The van der Waals surface area contributed by atoms with Gasteiger partial charge in [-0.15, -0.1) is 0 Å². The third-order valence-corrected chi connectivity index (χ3v) is 3.73. The summed E-state index contributed by atoms with van der Waals surface area (Å²) >= 11 is 8.38. The molecule has 0 aliphatic rings. The first kappa shape index (κ1) is 12.6. The van der Waals surface area contributed by atoms with Crippen LogP contribution in [0.1, 0.15) is 5.56 Å². The average molecular weight is 386 g/mol. The van der Waals surface area contributed by atoms with E-state index in [2.05, 4.69) is 43.0 Å². The molecule has 19 heavy (non-hydrogen) atoms. The minimum atomic E-state index is 0.425. The van der Waals surface area contributed by atoms with E-state index in [4.69, 9.17) is 11.6 Å². The van der Waals surface area contributed by atoms with Crippen molar-refractivity contribution in [3.8, 4) is 0 Å². The first-order valence-corrected chi connectivity index (χ1v) is 6.99. The van der Waals surface area contributed by atoms with E-state index in [1.54, 1.807) is 4.52 Å². The van der Waals surface area contributed by atoms with Crippen LogP contribution in [0.15, 0.2) is 30.6 Å². The van der Waals surface area contributed by atoms with Crippen molar-refractivity contribution >= 4 is 51.5 Å². The number of nitrogens with zero attached hydrogens (tertiary/aromatic N) is 4. The Morgan fingerprint density at radius 1 is 1.37 bits per heavy atom. The second kappa shape index (κ2) is 4.93. The molecule has 0 aliphatic carbocycles. The van der Waals surface area contributed by atoms with Gasteiger partial charge in [0.05, 0.1) is 0 Å². The fourth-order valence-electron chi connectivity index (χ4n) is 1.75. The Hall–Kier alpha value is -1.41. The van der Waals surface area contributed by atoms with Gasteiger partial charge in [0.25, 0.3) is 5.78 Å². The quantitative estimate of drug-likeness (QED) is 0.542. The zero-order valence-corrected chi connectivity index (χ0v) is 12.8. The summed E-state index contributed by atoms with van der Waals surface area (Å²) in [7, 11) is 0. The van der Waals surface area contributed by atoms with Crippen LogP contribution in [0, 0.1) is 10.5 Å². The topological polar surface area (TPSA) is 55.1 Å². The summed E-state index contributed by atoms with van der Waals surface area (Å²) < 4.78 is 2.79. The van der Waals surface area contributed by atoms with Gasteiger partial charge >= 0.3 is 0 Å². The van der Waals surface area contributed by atoms with E-state index in [-0.39, 0.29) is 0 Å². The van der Waals surface area contributed by atoms with Gasteiger partial charge < -0.3 is 5.32 Å². The lowest BCUT2D eigenvalue weighted by Gasteiger charge is -2.11. The molecule has 0 aliphatic heterocycles. The van der Waals surface area contributed by atoms with Gasteiger partial charge in [-0.3, -0.25) is 0 Å². The second-order valence-electron chi connectivity index (χ2n) is 3.98. The first-order valence-electron chi connectivity index (χ1n) is 5.53. The summed E-state index contributed by atoms with van der Waals surface area (Å²) in [5.41, 5.74) is 1.80. The molecule has 5 nitrogen and oxygen atoms in total. The van der Waals surface area contributed by atoms with Crippen molar-refractivity contribution in [2.45, 2.75) is 6.92 Å². The van der Waals surface area contributed by atoms with E-state index in [0.717, 1.165) is 20.6 Å². The lowest BCUT2D eigenvalue weighted by molar-refractivity contribution is 0.936. The first-order chi connectivity index (χ1) is 9.15. The molecule has 0 spiro atoms. The Bertz CT molecular complexity index is 755. The van der Waals surface area contributed by atoms with Crippen molar-refractivity contribution < 1.29 is 0 Å². The molecular weight excluding hydrogens is 377 g/mol. The van der Waals surface area contributed by atoms with Gasteiger partial charge in [-0.25, -0.2) is 0 Å². The highest BCUT2D eigenvalue weighted by Crippen LogP contribution is 2.25. The van der Waals surface area contributed by atoms with Gasteiger partial charge in [0.1, 0.15) is 17.3 Å². The fraction of sp³-hybridized carbons (Fsp3) is 0.0833. The van der Waals surface area contributed by atoms with E-state index in [0.29, 0.717) is 10.9 Å². The van der Waals surface area contributed by atoms with Crippen LogP contribution in [0.4, 0.5) is 11.5 Å². The lowest BCUT2D eigenvalue weighted by atomic mass is 10.3. The summed E-state index contributed by atoms with van der Waals surface area (Å²) in [6.07, 6.45) is 1.46. The number of rotatable bonds is 2. The van der Waals surface area contributed by atoms with E-state index in [9.17, 15) is 0 Å². The minimum absolute atomic E-state index is 0.425. The zero-order valence-electron chi connectivity index (χ0n) is 9.93. The summed E-state index contributed by atoms with van der Waals surface area (Å²) in [5, 5.41) is 7.90. The standard InChI is InChI=1S/C12H9ClIN5/c1-7-10(13)18-12-15-6-16-19(12)11(7)17-9-4-2-3-8(14)5-9/h2-6,17H,1H3. The molecule has 96 valence electrons. The second-order valence-corrected chi connectivity index (χ2v) is 5.59. The molecule has 0 atom stereocenters. The van der Waals surface area contributed by atoms with Gasteiger partial charge in [-0.1, -0.05) is 17.7 Å². The number of nitrogens with one attached hydrogen (secondary N) is 1. The van der Waals surface area contributed by atoms with Crippen molar-refractivity contribution in [2.24, 2.45) is 0 Å². The Kier molecular flexibility index (Phi) is 3.28. The van der Waals surface area contributed by atoms with Crippen molar-refractivity contribution in [1.82, 2.24) is 19.6 Å². The highest BCUT2D eigenvalue weighted by molar-refractivity contribution is 14.1.